The Morgan fingerprint density at radius 3 is 2.33 bits per heavy atom. The van der Waals surface area contributed by atoms with Crippen LogP contribution in [-0.2, 0) is 10.0 Å². The Labute approximate surface area is 60.1 Å². The molecule has 3 nitrogen and oxygen atoms in total. The number of hydrogen-bond acceptors (Lipinski definition) is 2. The fourth-order valence-electron chi connectivity index (χ4n) is 0.237. The molecular weight excluding hydrogens is 162 g/mol. The molecule has 0 N–H and O–H groups in total. The minimum Gasteiger partial charge on any atom is -0.211 e. The SMILES string of the molecule is C=CCN(Cl)S(C)(=O)=O. The van der Waals surface area contributed by atoms with E-state index in [0.29, 0.717) is 3.82 Å². The predicted molar refractivity (Wildman–Crippen MR) is 37.6 cm³/mol. The van der Waals surface area contributed by atoms with Crippen molar-refractivity contribution in [3.63, 3.8) is 0 Å². The molecule has 0 unspecified atom stereocenters. The lowest BCUT2D eigenvalue weighted by atomic mass is 10.7. The van der Waals surface area contributed by atoms with Crippen LogP contribution in [0.3, 0.4) is 0 Å². The zero-order valence-electron chi connectivity index (χ0n) is 5.04. The Morgan fingerprint density at radius 2 is 2.22 bits per heavy atom. The van der Waals surface area contributed by atoms with Crippen LogP contribution in [0.15, 0.2) is 12.7 Å². The van der Waals surface area contributed by atoms with Crippen LogP contribution in [0.5, 0.6) is 0 Å². The summed E-state index contributed by atoms with van der Waals surface area (Å²) in [4.78, 5) is 0. The van der Waals surface area contributed by atoms with Gasteiger partial charge in [-0.1, -0.05) is 6.08 Å². The van der Waals surface area contributed by atoms with Crippen molar-refractivity contribution in [2.24, 2.45) is 0 Å². The van der Waals surface area contributed by atoms with E-state index in [0.717, 1.165) is 6.26 Å². The first-order valence-electron chi connectivity index (χ1n) is 2.23. The maximum atomic E-state index is 10.5. The summed E-state index contributed by atoms with van der Waals surface area (Å²) in [6.07, 6.45) is 2.44. The van der Waals surface area contributed by atoms with Crippen LogP contribution in [0.4, 0.5) is 0 Å². The summed E-state index contributed by atoms with van der Waals surface area (Å²) in [5.74, 6) is 0. The lowest BCUT2D eigenvalue weighted by Gasteiger charge is -2.05. The van der Waals surface area contributed by atoms with E-state index in [-0.39, 0.29) is 6.54 Å². The molecule has 0 heterocycles. The molecule has 0 amide bonds. The van der Waals surface area contributed by atoms with Crippen molar-refractivity contribution in [3.05, 3.63) is 12.7 Å². The van der Waals surface area contributed by atoms with E-state index < -0.39 is 10.0 Å². The van der Waals surface area contributed by atoms with Crippen molar-refractivity contribution in [1.82, 2.24) is 3.82 Å². The molecular formula is C4H8ClNO2S. The van der Waals surface area contributed by atoms with Crippen LogP contribution in [0.2, 0.25) is 0 Å². The normalized spacial score (nSPS) is 11.9. The first-order chi connectivity index (χ1) is 3.98. The number of sulfonamides is 1. The van der Waals surface area contributed by atoms with Gasteiger partial charge in [-0.2, -0.15) is 0 Å². The van der Waals surface area contributed by atoms with Crippen LogP contribution in [0, 0.1) is 0 Å². The molecule has 0 aromatic heterocycles. The zero-order chi connectivity index (χ0) is 7.49. The van der Waals surface area contributed by atoms with E-state index in [1.165, 1.54) is 6.08 Å². The van der Waals surface area contributed by atoms with Gasteiger partial charge in [-0.25, -0.2) is 8.42 Å². The highest BCUT2D eigenvalue weighted by Crippen LogP contribution is 2.00. The van der Waals surface area contributed by atoms with Gasteiger partial charge in [-0.15, -0.1) is 10.4 Å². The average Bonchev–Trinajstić information content (AvgIpc) is 1.64. The van der Waals surface area contributed by atoms with Gasteiger partial charge in [-0.05, 0) is 11.8 Å². The third-order valence-corrected chi connectivity index (χ3v) is 2.39. The van der Waals surface area contributed by atoms with Crippen molar-refractivity contribution in [3.8, 4) is 0 Å². The number of rotatable bonds is 3. The van der Waals surface area contributed by atoms with Crippen molar-refractivity contribution in [2.75, 3.05) is 12.8 Å². The van der Waals surface area contributed by atoms with E-state index >= 15 is 0 Å². The first-order valence-corrected chi connectivity index (χ1v) is 4.41. The highest BCUT2D eigenvalue weighted by atomic mass is 35.5. The molecule has 0 bridgehead atoms. The molecule has 0 spiro atoms. The molecule has 0 saturated carbocycles. The van der Waals surface area contributed by atoms with Gasteiger partial charge in [0.1, 0.15) is 0 Å². The highest BCUT2D eigenvalue weighted by Gasteiger charge is 2.09. The second-order valence-corrected chi connectivity index (χ2v) is 4.04. The first kappa shape index (κ1) is 8.94. The minimum absolute atomic E-state index is 0.139. The molecule has 0 fully saturated rings. The smallest absolute Gasteiger partial charge is 0.211 e. The summed E-state index contributed by atoms with van der Waals surface area (Å²) in [5, 5.41) is 0. The standard InChI is InChI=1S/C4H8ClNO2S/c1-3-4-6(5)9(2,7)8/h3H,1,4H2,2H3. The maximum absolute atomic E-state index is 10.5. The van der Waals surface area contributed by atoms with Gasteiger partial charge in [-0.3, -0.25) is 0 Å². The van der Waals surface area contributed by atoms with Gasteiger partial charge in [0.15, 0.2) is 0 Å². The van der Waals surface area contributed by atoms with Gasteiger partial charge in [0.25, 0.3) is 0 Å². The van der Waals surface area contributed by atoms with Crippen LogP contribution in [0.1, 0.15) is 0 Å². The summed E-state index contributed by atoms with van der Waals surface area (Å²) in [6.45, 7) is 3.46. The van der Waals surface area contributed by atoms with Gasteiger partial charge in [0, 0.05) is 6.54 Å². The average molecular weight is 170 g/mol. The van der Waals surface area contributed by atoms with Crippen LogP contribution in [-0.4, -0.2) is 25.0 Å². The number of halogens is 1. The van der Waals surface area contributed by atoms with E-state index in [9.17, 15) is 8.42 Å². The Kier molecular flexibility index (Phi) is 3.17. The van der Waals surface area contributed by atoms with Crippen LogP contribution in [0.25, 0.3) is 0 Å². The molecule has 5 heteroatoms. The molecule has 9 heavy (non-hydrogen) atoms. The van der Waals surface area contributed by atoms with E-state index in [1.807, 2.05) is 0 Å². The monoisotopic (exact) mass is 169 g/mol. The summed E-state index contributed by atoms with van der Waals surface area (Å²) in [6, 6.07) is 0. The van der Waals surface area contributed by atoms with Crippen molar-refractivity contribution < 1.29 is 8.42 Å². The van der Waals surface area contributed by atoms with Crippen molar-refractivity contribution in [1.29, 1.82) is 0 Å². The van der Waals surface area contributed by atoms with Gasteiger partial charge in [0.2, 0.25) is 10.0 Å². The molecule has 0 aliphatic rings. The molecule has 0 saturated heterocycles. The third kappa shape index (κ3) is 3.51. The maximum Gasteiger partial charge on any atom is 0.224 e. The van der Waals surface area contributed by atoms with Crippen molar-refractivity contribution >= 4 is 21.8 Å². The summed E-state index contributed by atoms with van der Waals surface area (Å²) >= 11 is 5.23. The van der Waals surface area contributed by atoms with Gasteiger partial charge >= 0.3 is 0 Å². The minimum atomic E-state index is -3.24. The summed E-state index contributed by atoms with van der Waals surface area (Å²) < 4.78 is 21.6. The summed E-state index contributed by atoms with van der Waals surface area (Å²) in [5.41, 5.74) is 0. The van der Waals surface area contributed by atoms with Crippen LogP contribution >= 0.6 is 11.8 Å². The number of nitrogens with zero attached hydrogens (tertiary/aromatic N) is 1. The Bertz CT molecular complexity index is 187. The lowest BCUT2D eigenvalue weighted by molar-refractivity contribution is 0.558. The topological polar surface area (TPSA) is 37.4 Å². The largest absolute Gasteiger partial charge is 0.224 e. The number of hydrogen-bond donors (Lipinski definition) is 0. The lowest BCUT2D eigenvalue weighted by Crippen LogP contribution is -2.19. The molecule has 0 aliphatic heterocycles. The predicted octanol–water partition coefficient (Wildman–Crippen LogP) is 0.588. The molecule has 0 aliphatic carbocycles. The molecule has 0 rings (SSSR count). The Hall–Kier alpha value is -0.0600. The zero-order valence-corrected chi connectivity index (χ0v) is 6.61. The third-order valence-electron chi connectivity index (χ3n) is 0.633. The van der Waals surface area contributed by atoms with Gasteiger partial charge < -0.3 is 0 Å². The second-order valence-electron chi connectivity index (χ2n) is 1.52. The molecule has 0 atom stereocenters. The Morgan fingerprint density at radius 1 is 1.78 bits per heavy atom. The highest BCUT2D eigenvalue weighted by molar-refractivity contribution is 7.89. The van der Waals surface area contributed by atoms with Gasteiger partial charge in [0.05, 0.1) is 6.26 Å². The van der Waals surface area contributed by atoms with E-state index in [1.54, 1.807) is 0 Å². The summed E-state index contributed by atoms with van der Waals surface area (Å²) in [7, 11) is -3.24. The van der Waals surface area contributed by atoms with Crippen LogP contribution < -0.4 is 0 Å². The van der Waals surface area contributed by atoms with E-state index in [4.69, 9.17) is 11.8 Å². The van der Waals surface area contributed by atoms with E-state index in [2.05, 4.69) is 6.58 Å². The molecule has 0 aromatic carbocycles. The second kappa shape index (κ2) is 3.20. The van der Waals surface area contributed by atoms with Crippen molar-refractivity contribution in [2.45, 2.75) is 0 Å². The Balaban J connectivity index is 4.05. The molecule has 0 radical (unpaired) electrons. The fraction of sp³-hybridized carbons (Fsp3) is 0.500. The quantitative estimate of drug-likeness (QED) is 0.458. The molecule has 0 aromatic rings. The molecule has 54 valence electrons. The fourth-order valence-corrected chi connectivity index (χ4v) is 0.711.